The topological polar surface area (TPSA) is 78.5 Å². The van der Waals surface area contributed by atoms with E-state index in [9.17, 15) is 14.7 Å². The van der Waals surface area contributed by atoms with Crippen molar-refractivity contribution in [2.75, 3.05) is 13.2 Å². The van der Waals surface area contributed by atoms with E-state index in [1.807, 2.05) is 0 Å². The largest absolute Gasteiger partial charge is 0.548 e. The molecule has 4 bridgehead atoms. The average Bonchev–Trinajstić information content (AvgIpc) is 2.32. The molecule has 0 radical (unpaired) electrons. The van der Waals surface area contributed by atoms with Crippen LogP contribution in [0.5, 0.6) is 0 Å². The summed E-state index contributed by atoms with van der Waals surface area (Å²) < 4.78 is 4.78. The lowest BCUT2D eigenvalue weighted by Gasteiger charge is -2.54. The molecule has 0 saturated heterocycles. The molecule has 0 spiro atoms. The van der Waals surface area contributed by atoms with Crippen molar-refractivity contribution < 1.29 is 19.4 Å². The van der Waals surface area contributed by atoms with E-state index in [4.69, 9.17) is 4.74 Å². The summed E-state index contributed by atoms with van der Waals surface area (Å²) in [5, 5.41) is 13.3. The van der Waals surface area contributed by atoms with Crippen LogP contribution < -0.4 is 10.4 Å². The highest BCUT2D eigenvalue weighted by atomic mass is 16.5. The summed E-state index contributed by atoms with van der Waals surface area (Å²) in [5.74, 6) is 1.53. The second-order valence-electron chi connectivity index (χ2n) is 6.39. The highest BCUT2D eigenvalue weighted by Gasteiger charge is 2.48. The third kappa shape index (κ3) is 2.76. The van der Waals surface area contributed by atoms with E-state index in [1.165, 1.54) is 32.1 Å². The van der Waals surface area contributed by atoms with Gasteiger partial charge in [-0.1, -0.05) is 0 Å². The summed E-state index contributed by atoms with van der Waals surface area (Å²) in [6.07, 6.45) is 6.38. The quantitative estimate of drug-likeness (QED) is 0.740. The van der Waals surface area contributed by atoms with Crippen LogP contribution in [0.1, 0.15) is 32.1 Å². The Balaban J connectivity index is 1.50. The van der Waals surface area contributed by atoms with Crippen molar-refractivity contribution in [3.8, 4) is 0 Å². The first kappa shape index (κ1) is 12.9. The van der Waals surface area contributed by atoms with Crippen molar-refractivity contribution >= 4 is 11.9 Å². The zero-order valence-corrected chi connectivity index (χ0v) is 11.0. The van der Waals surface area contributed by atoms with Crippen molar-refractivity contribution in [2.45, 2.75) is 38.1 Å². The van der Waals surface area contributed by atoms with Crippen molar-refractivity contribution in [2.24, 2.45) is 23.7 Å². The number of hydrogen-bond donors (Lipinski definition) is 1. The number of aliphatic carboxylic acids is 1. The Hall–Kier alpha value is -1.10. The normalized spacial score (nSPS) is 39.3. The first-order valence-corrected chi connectivity index (χ1v) is 7.18. The van der Waals surface area contributed by atoms with Gasteiger partial charge in [0, 0.05) is 6.04 Å². The number of carboxylic acids is 1. The molecular weight excluding hydrogens is 246 g/mol. The van der Waals surface area contributed by atoms with E-state index in [1.54, 1.807) is 0 Å². The molecule has 4 fully saturated rings. The van der Waals surface area contributed by atoms with Gasteiger partial charge in [0.25, 0.3) is 0 Å². The van der Waals surface area contributed by atoms with E-state index in [2.05, 4.69) is 5.32 Å². The predicted molar refractivity (Wildman–Crippen MR) is 64.8 cm³/mol. The highest BCUT2D eigenvalue weighted by Crippen LogP contribution is 2.53. The van der Waals surface area contributed by atoms with Gasteiger partial charge in [-0.05, 0) is 55.8 Å². The van der Waals surface area contributed by atoms with Crippen LogP contribution in [-0.4, -0.2) is 31.1 Å². The lowest BCUT2D eigenvalue weighted by atomic mass is 9.54. The van der Waals surface area contributed by atoms with Gasteiger partial charge in [-0.25, -0.2) is 0 Å². The Morgan fingerprint density at radius 3 is 2.11 bits per heavy atom. The maximum Gasteiger partial charge on any atom is 0.246 e. The van der Waals surface area contributed by atoms with Gasteiger partial charge in [0.2, 0.25) is 5.91 Å². The SMILES string of the molecule is O=C([O-])COCC(=O)NC1C2CC3CC(C2)CC1C3. The third-order valence-electron chi connectivity index (χ3n) is 5.01. The van der Waals surface area contributed by atoms with Crippen LogP contribution in [0, 0.1) is 23.7 Å². The first-order valence-electron chi connectivity index (χ1n) is 7.18. The maximum absolute atomic E-state index is 11.8. The van der Waals surface area contributed by atoms with E-state index in [0.717, 1.165) is 11.8 Å². The molecule has 0 unspecified atom stereocenters. The molecule has 0 atom stereocenters. The molecule has 4 rings (SSSR count). The summed E-state index contributed by atoms with van der Waals surface area (Å²) in [6, 6.07) is 0.284. The Bertz CT molecular complexity index is 354. The van der Waals surface area contributed by atoms with Crippen LogP contribution >= 0.6 is 0 Å². The Labute approximate surface area is 112 Å². The smallest absolute Gasteiger partial charge is 0.246 e. The molecule has 5 heteroatoms. The molecule has 4 aliphatic rings. The third-order valence-corrected chi connectivity index (χ3v) is 5.01. The number of rotatable bonds is 5. The zero-order chi connectivity index (χ0) is 13.4. The number of ether oxygens (including phenoxy) is 1. The van der Waals surface area contributed by atoms with Crippen LogP contribution in [0.2, 0.25) is 0 Å². The second-order valence-corrected chi connectivity index (χ2v) is 6.39. The number of carbonyl (C=O) groups excluding carboxylic acids is 2. The van der Waals surface area contributed by atoms with Gasteiger partial charge in [-0.2, -0.15) is 0 Å². The van der Waals surface area contributed by atoms with Crippen LogP contribution in [0.15, 0.2) is 0 Å². The molecule has 1 amide bonds. The molecule has 4 saturated carbocycles. The number of carboxylic acid groups (broad SMARTS) is 1. The monoisotopic (exact) mass is 266 g/mol. The van der Waals surface area contributed by atoms with Gasteiger partial charge >= 0.3 is 0 Å². The molecule has 1 N–H and O–H groups in total. The summed E-state index contributed by atoms with van der Waals surface area (Å²) in [4.78, 5) is 22.0. The summed E-state index contributed by atoms with van der Waals surface area (Å²) in [6.45, 7) is -0.703. The second kappa shape index (κ2) is 5.12. The minimum atomic E-state index is -1.29. The van der Waals surface area contributed by atoms with Crippen LogP contribution in [0.4, 0.5) is 0 Å². The number of carbonyl (C=O) groups is 2. The van der Waals surface area contributed by atoms with E-state index < -0.39 is 12.6 Å². The molecule has 0 heterocycles. The Morgan fingerprint density at radius 1 is 1.00 bits per heavy atom. The van der Waals surface area contributed by atoms with Gasteiger partial charge in [0.15, 0.2) is 0 Å². The number of amides is 1. The first-order chi connectivity index (χ1) is 9.11. The lowest BCUT2D eigenvalue weighted by Crippen LogP contribution is -2.56. The minimum Gasteiger partial charge on any atom is -0.548 e. The Morgan fingerprint density at radius 2 is 1.58 bits per heavy atom. The van der Waals surface area contributed by atoms with Crippen molar-refractivity contribution in [3.63, 3.8) is 0 Å². The Kier molecular flexibility index (Phi) is 3.48. The van der Waals surface area contributed by atoms with Crippen molar-refractivity contribution in [1.82, 2.24) is 5.32 Å². The standard InChI is InChI=1S/C14H21NO4/c16-12(6-19-7-13(17)18)15-14-10-2-8-1-9(4-10)5-11(14)3-8/h8-11,14H,1-7H2,(H,15,16)(H,17,18)/p-1. The van der Waals surface area contributed by atoms with E-state index >= 15 is 0 Å². The molecule has 0 aromatic rings. The lowest BCUT2D eigenvalue weighted by molar-refractivity contribution is -0.309. The number of nitrogens with one attached hydrogen (secondary N) is 1. The molecule has 0 aromatic heterocycles. The summed E-state index contributed by atoms with van der Waals surface area (Å²) >= 11 is 0. The maximum atomic E-state index is 11.8. The van der Waals surface area contributed by atoms with Gasteiger partial charge in [0.05, 0.1) is 12.6 Å². The van der Waals surface area contributed by atoms with Gasteiger partial charge in [-0.3, -0.25) is 4.79 Å². The molecular formula is C14H20NO4-. The fourth-order valence-corrected chi connectivity index (χ4v) is 4.62. The molecule has 0 aliphatic heterocycles. The predicted octanol–water partition coefficient (Wildman–Crippen LogP) is -0.306. The molecule has 4 aliphatic carbocycles. The summed E-state index contributed by atoms with van der Waals surface area (Å²) in [5.41, 5.74) is 0. The zero-order valence-electron chi connectivity index (χ0n) is 11.0. The molecule has 19 heavy (non-hydrogen) atoms. The highest BCUT2D eigenvalue weighted by molar-refractivity contribution is 5.78. The fourth-order valence-electron chi connectivity index (χ4n) is 4.62. The van der Waals surface area contributed by atoms with Gasteiger partial charge < -0.3 is 20.0 Å². The van der Waals surface area contributed by atoms with E-state index in [0.29, 0.717) is 11.8 Å². The van der Waals surface area contributed by atoms with Gasteiger partial charge in [-0.15, -0.1) is 0 Å². The molecule has 5 nitrogen and oxygen atoms in total. The minimum absolute atomic E-state index is 0.184. The molecule has 0 aromatic carbocycles. The van der Waals surface area contributed by atoms with Crippen LogP contribution in [0.3, 0.4) is 0 Å². The van der Waals surface area contributed by atoms with Crippen molar-refractivity contribution in [1.29, 1.82) is 0 Å². The van der Waals surface area contributed by atoms with Gasteiger partial charge in [0.1, 0.15) is 6.61 Å². The van der Waals surface area contributed by atoms with Crippen LogP contribution in [0.25, 0.3) is 0 Å². The summed E-state index contributed by atoms with van der Waals surface area (Å²) in [7, 11) is 0. The van der Waals surface area contributed by atoms with Crippen molar-refractivity contribution in [3.05, 3.63) is 0 Å². The fraction of sp³-hybridized carbons (Fsp3) is 0.857. The molecule has 106 valence electrons. The van der Waals surface area contributed by atoms with E-state index in [-0.39, 0.29) is 18.6 Å². The number of hydrogen-bond acceptors (Lipinski definition) is 4. The van der Waals surface area contributed by atoms with Crippen LogP contribution in [-0.2, 0) is 14.3 Å². The average molecular weight is 266 g/mol.